The summed E-state index contributed by atoms with van der Waals surface area (Å²) in [4.78, 5) is 13.7. The van der Waals surface area contributed by atoms with Crippen molar-refractivity contribution in [3.63, 3.8) is 0 Å². The molecule has 0 atom stereocenters. The lowest BCUT2D eigenvalue weighted by Crippen LogP contribution is -2.46. The standard InChI is InChI=1S/C17H17Cl2N5/c18-13-3-4-16-21-14(12-24(16)10-13)11-22-6-8-23(9-7-22)17-15(19)2-1-5-20-17/h1-5,10,12H,6-9,11H2. The lowest BCUT2D eigenvalue weighted by molar-refractivity contribution is 0.247. The number of hydrogen-bond acceptors (Lipinski definition) is 4. The van der Waals surface area contributed by atoms with Crippen LogP contribution in [0.15, 0.2) is 42.9 Å². The normalized spacial score (nSPS) is 16.0. The molecule has 0 saturated carbocycles. The molecule has 0 spiro atoms. The van der Waals surface area contributed by atoms with E-state index in [2.05, 4.69) is 19.8 Å². The number of hydrogen-bond donors (Lipinski definition) is 0. The van der Waals surface area contributed by atoms with Crippen LogP contribution in [0.25, 0.3) is 5.65 Å². The second-order valence-electron chi connectivity index (χ2n) is 5.92. The molecule has 0 amide bonds. The maximum Gasteiger partial charge on any atom is 0.147 e. The van der Waals surface area contributed by atoms with Crippen LogP contribution in [0.5, 0.6) is 0 Å². The molecule has 3 aromatic heterocycles. The zero-order valence-electron chi connectivity index (χ0n) is 13.1. The molecule has 0 radical (unpaired) electrons. The monoisotopic (exact) mass is 361 g/mol. The molecular formula is C17H17Cl2N5. The maximum absolute atomic E-state index is 6.24. The molecule has 0 aromatic carbocycles. The van der Waals surface area contributed by atoms with Gasteiger partial charge in [0.15, 0.2) is 0 Å². The summed E-state index contributed by atoms with van der Waals surface area (Å²) in [5.41, 5.74) is 1.98. The first-order chi connectivity index (χ1) is 11.7. The van der Waals surface area contributed by atoms with Crippen molar-refractivity contribution in [1.82, 2.24) is 19.3 Å². The molecule has 4 heterocycles. The van der Waals surface area contributed by atoms with E-state index in [4.69, 9.17) is 23.2 Å². The van der Waals surface area contributed by atoms with Gasteiger partial charge in [-0.3, -0.25) is 4.90 Å². The Morgan fingerprint density at radius 2 is 1.83 bits per heavy atom. The Hall–Kier alpha value is -1.82. The largest absolute Gasteiger partial charge is 0.353 e. The molecule has 24 heavy (non-hydrogen) atoms. The van der Waals surface area contributed by atoms with Crippen molar-refractivity contribution in [2.45, 2.75) is 6.54 Å². The smallest absolute Gasteiger partial charge is 0.147 e. The Labute approximate surface area is 150 Å². The van der Waals surface area contributed by atoms with E-state index >= 15 is 0 Å². The first-order valence-electron chi connectivity index (χ1n) is 7.90. The van der Waals surface area contributed by atoms with Crippen LogP contribution in [-0.4, -0.2) is 45.4 Å². The average Bonchev–Trinajstić information content (AvgIpc) is 2.97. The van der Waals surface area contributed by atoms with Crippen LogP contribution in [0.2, 0.25) is 10.0 Å². The number of nitrogens with zero attached hydrogens (tertiary/aromatic N) is 5. The number of fused-ring (bicyclic) bond motifs is 1. The Morgan fingerprint density at radius 1 is 1.00 bits per heavy atom. The highest BCUT2D eigenvalue weighted by atomic mass is 35.5. The Balaban J connectivity index is 1.41. The quantitative estimate of drug-likeness (QED) is 0.716. The number of piperazine rings is 1. The van der Waals surface area contributed by atoms with E-state index < -0.39 is 0 Å². The van der Waals surface area contributed by atoms with Crippen molar-refractivity contribution in [1.29, 1.82) is 0 Å². The summed E-state index contributed by atoms with van der Waals surface area (Å²) in [5, 5.41) is 1.43. The lowest BCUT2D eigenvalue weighted by Gasteiger charge is -2.35. The SMILES string of the molecule is Clc1ccc2nc(CN3CCN(c4ncccc4Cl)CC3)cn2c1. The van der Waals surface area contributed by atoms with E-state index in [1.165, 1.54) is 0 Å². The molecule has 1 saturated heterocycles. The Morgan fingerprint density at radius 3 is 2.62 bits per heavy atom. The van der Waals surface area contributed by atoms with Gasteiger partial charge in [-0.25, -0.2) is 9.97 Å². The topological polar surface area (TPSA) is 36.7 Å². The van der Waals surface area contributed by atoms with Gasteiger partial charge in [0.25, 0.3) is 0 Å². The second-order valence-corrected chi connectivity index (χ2v) is 6.76. The average molecular weight is 362 g/mol. The zero-order chi connectivity index (χ0) is 16.5. The molecule has 0 unspecified atom stereocenters. The minimum Gasteiger partial charge on any atom is -0.353 e. The fourth-order valence-corrected chi connectivity index (χ4v) is 3.46. The van der Waals surface area contributed by atoms with Gasteiger partial charge in [-0.15, -0.1) is 0 Å². The number of pyridine rings is 2. The fraction of sp³-hybridized carbons (Fsp3) is 0.294. The minimum absolute atomic E-state index is 0.711. The number of rotatable bonds is 3. The van der Waals surface area contributed by atoms with E-state index in [0.717, 1.165) is 49.9 Å². The summed E-state index contributed by atoms with van der Waals surface area (Å²) in [6.07, 6.45) is 5.72. The van der Waals surface area contributed by atoms with Crippen LogP contribution >= 0.6 is 23.2 Å². The van der Waals surface area contributed by atoms with Gasteiger partial charge in [0.1, 0.15) is 11.5 Å². The first-order valence-corrected chi connectivity index (χ1v) is 8.65. The number of halogens is 2. The lowest BCUT2D eigenvalue weighted by atomic mass is 10.3. The van der Waals surface area contributed by atoms with Crippen LogP contribution in [0.3, 0.4) is 0 Å². The highest BCUT2D eigenvalue weighted by Gasteiger charge is 2.20. The first kappa shape index (κ1) is 15.7. The molecule has 4 rings (SSSR count). The third-order valence-electron chi connectivity index (χ3n) is 4.26. The van der Waals surface area contributed by atoms with E-state index in [9.17, 15) is 0 Å². The molecule has 0 bridgehead atoms. The third kappa shape index (κ3) is 3.20. The summed E-state index contributed by atoms with van der Waals surface area (Å²) in [6.45, 7) is 4.58. The van der Waals surface area contributed by atoms with E-state index in [1.54, 1.807) is 6.20 Å². The van der Waals surface area contributed by atoms with Gasteiger partial charge < -0.3 is 9.30 Å². The fourth-order valence-electron chi connectivity index (χ4n) is 3.05. The summed E-state index contributed by atoms with van der Waals surface area (Å²) < 4.78 is 1.97. The predicted octanol–water partition coefficient (Wildman–Crippen LogP) is 3.36. The Bertz CT molecular complexity index is 855. The van der Waals surface area contributed by atoms with Crippen LogP contribution in [-0.2, 0) is 6.54 Å². The third-order valence-corrected chi connectivity index (χ3v) is 4.78. The van der Waals surface area contributed by atoms with Crippen molar-refractivity contribution in [2.24, 2.45) is 0 Å². The van der Waals surface area contributed by atoms with Gasteiger partial charge in [-0.2, -0.15) is 0 Å². The highest BCUT2D eigenvalue weighted by molar-refractivity contribution is 6.32. The van der Waals surface area contributed by atoms with E-state index in [1.807, 2.05) is 41.1 Å². The Kier molecular flexibility index (Phi) is 4.31. The second kappa shape index (κ2) is 6.59. The van der Waals surface area contributed by atoms with Crippen LogP contribution in [0.4, 0.5) is 5.82 Å². The van der Waals surface area contributed by atoms with E-state index in [0.29, 0.717) is 10.0 Å². The molecule has 1 aliphatic heterocycles. The van der Waals surface area contributed by atoms with Crippen LogP contribution in [0, 0.1) is 0 Å². The van der Waals surface area contributed by atoms with Gasteiger partial charge in [0, 0.05) is 51.3 Å². The van der Waals surface area contributed by atoms with Crippen molar-refractivity contribution < 1.29 is 0 Å². The summed E-state index contributed by atoms with van der Waals surface area (Å²) >= 11 is 12.3. The van der Waals surface area contributed by atoms with Gasteiger partial charge in [-0.05, 0) is 24.3 Å². The molecule has 1 aliphatic rings. The highest BCUT2D eigenvalue weighted by Crippen LogP contribution is 2.23. The van der Waals surface area contributed by atoms with Crippen molar-refractivity contribution in [3.8, 4) is 0 Å². The van der Waals surface area contributed by atoms with Gasteiger partial charge in [0.05, 0.1) is 15.7 Å². The minimum atomic E-state index is 0.711. The van der Waals surface area contributed by atoms with Crippen LogP contribution < -0.4 is 4.90 Å². The molecule has 0 aliphatic carbocycles. The summed E-state index contributed by atoms with van der Waals surface area (Å²) in [6, 6.07) is 7.55. The van der Waals surface area contributed by atoms with Crippen molar-refractivity contribution >= 4 is 34.7 Å². The molecule has 3 aromatic rings. The van der Waals surface area contributed by atoms with Gasteiger partial charge >= 0.3 is 0 Å². The maximum atomic E-state index is 6.24. The summed E-state index contributed by atoms with van der Waals surface area (Å²) in [7, 11) is 0. The molecule has 1 fully saturated rings. The molecule has 5 nitrogen and oxygen atoms in total. The number of anilines is 1. The molecule has 0 N–H and O–H groups in total. The predicted molar refractivity (Wildman–Crippen MR) is 96.9 cm³/mol. The molecule has 7 heteroatoms. The van der Waals surface area contributed by atoms with E-state index in [-0.39, 0.29) is 0 Å². The van der Waals surface area contributed by atoms with Gasteiger partial charge in [-0.1, -0.05) is 23.2 Å². The summed E-state index contributed by atoms with van der Waals surface area (Å²) in [5.74, 6) is 0.876. The van der Waals surface area contributed by atoms with Crippen molar-refractivity contribution in [2.75, 3.05) is 31.1 Å². The van der Waals surface area contributed by atoms with Gasteiger partial charge in [0.2, 0.25) is 0 Å². The molecular weight excluding hydrogens is 345 g/mol. The van der Waals surface area contributed by atoms with Crippen molar-refractivity contribution in [3.05, 3.63) is 58.6 Å². The zero-order valence-corrected chi connectivity index (χ0v) is 14.6. The van der Waals surface area contributed by atoms with Crippen LogP contribution in [0.1, 0.15) is 5.69 Å². The molecule has 124 valence electrons. The number of aromatic nitrogens is 3. The number of imidazole rings is 1.